The van der Waals surface area contributed by atoms with E-state index >= 15 is 0 Å². The Balaban J connectivity index is 1.87. The van der Waals surface area contributed by atoms with Gasteiger partial charge in [-0.05, 0) is 51.3 Å². The van der Waals surface area contributed by atoms with Gasteiger partial charge >= 0.3 is 0 Å². The van der Waals surface area contributed by atoms with Crippen LogP contribution in [-0.2, 0) is 0 Å². The minimum absolute atomic E-state index is 0.265. The van der Waals surface area contributed by atoms with E-state index in [0.29, 0.717) is 23.9 Å². The summed E-state index contributed by atoms with van der Waals surface area (Å²) >= 11 is 0. The minimum Gasteiger partial charge on any atom is -0.494 e. The van der Waals surface area contributed by atoms with Crippen LogP contribution in [0.2, 0.25) is 0 Å². The Bertz CT molecular complexity index is 466. The number of halogens is 1. The third kappa shape index (κ3) is 2.37. The molecule has 4 heteroatoms. The number of rotatable bonds is 3. The highest BCUT2D eigenvalue weighted by Gasteiger charge is 2.37. The summed E-state index contributed by atoms with van der Waals surface area (Å²) in [6, 6.07) is 7.03. The third-order valence-corrected chi connectivity index (χ3v) is 4.82. The van der Waals surface area contributed by atoms with Crippen molar-refractivity contribution in [3.05, 3.63) is 24.0 Å². The molecule has 20 heavy (non-hydrogen) atoms. The van der Waals surface area contributed by atoms with Crippen LogP contribution in [0.1, 0.15) is 32.1 Å². The number of fused-ring (bicyclic) bond motifs is 2. The maximum absolute atomic E-state index is 14.0. The van der Waals surface area contributed by atoms with E-state index in [0.717, 1.165) is 18.5 Å². The smallest absolute Gasteiger partial charge is 0.167 e. The van der Waals surface area contributed by atoms with Crippen molar-refractivity contribution >= 4 is 5.69 Å². The highest BCUT2D eigenvalue weighted by Crippen LogP contribution is 2.38. The Morgan fingerprint density at radius 3 is 2.50 bits per heavy atom. The van der Waals surface area contributed by atoms with Gasteiger partial charge in [0.05, 0.1) is 7.11 Å². The molecule has 1 aromatic carbocycles. The van der Waals surface area contributed by atoms with Gasteiger partial charge in [0.25, 0.3) is 0 Å². The summed E-state index contributed by atoms with van der Waals surface area (Å²) in [5, 5.41) is 3.41. The summed E-state index contributed by atoms with van der Waals surface area (Å²) in [4.78, 5) is 2.44. The molecule has 0 amide bonds. The van der Waals surface area contributed by atoms with Gasteiger partial charge in [-0.25, -0.2) is 4.39 Å². The summed E-state index contributed by atoms with van der Waals surface area (Å²) in [5.74, 6) is 0.0582. The van der Waals surface area contributed by atoms with Crippen molar-refractivity contribution in [2.75, 3.05) is 19.1 Å². The van der Waals surface area contributed by atoms with E-state index in [4.69, 9.17) is 4.74 Å². The van der Waals surface area contributed by atoms with Crippen LogP contribution in [0.5, 0.6) is 5.75 Å². The zero-order valence-corrected chi connectivity index (χ0v) is 12.2. The molecule has 1 aromatic rings. The number of benzene rings is 1. The zero-order valence-electron chi connectivity index (χ0n) is 12.2. The molecule has 0 saturated carbocycles. The number of hydrogen-bond acceptors (Lipinski definition) is 3. The average Bonchev–Trinajstić information content (AvgIpc) is 2.45. The van der Waals surface area contributed by atoms with E-state index in [9.17, 15) is 4.39 Å². The zero-order chi connectivity index (χ0) is 14.1. The Morgan fingerprint density at radius 2 is 1.95 bits per heavy atom. The van der Waals surface area contributed by atoms with E-state index in [-0.39, 0.29) is 5.82 Å². The fraction of sp³-hybridized carbons (Fsp3) is 0.625. The normalized spacial score (nSPS) is 29.4. The summed E-state index contributed by atoms with van der Waals surface area (Å²) < 4.78 is 19.0. The molecule has 3 rings (SSSR count). The van der Waals surface area contributed by atoms with E-state index in [2.05, 4.69) is 10.2 Å². The quantitative estimate of drug-likeness (QED) is 0.920. The van der Waals surface area contributed by atoms with Gasteiger partial charge in [-0.2, -0.15) is 0 Å². The van der Waals surface area contributed by atoms with Gasteiger partial charge < -0.3 is 15.0 Å². The molecule has 2 unspecified atom stereocenters. The lowest BCUT2D eigenvalue weighted by atomic mass is 9.81. The molecule has 3 nitrogen and oxygen atoms in total. The van der Waals surface area contributed by atoms with Crippen molar-refractivity contribution in [1.29, 1.82) is 0 Å². The molecule has 0 aromatic heterocycles. The molecule has 2 atom stereocenters. The predicted octanol–water partition coefficient (Wildman–Crippen LogP) is 2.94. The largest absolute Gasteiger partial charge is 0.494 e. The van der Waals surface area contributed by atoms with Crippen LogP contribution in [0.25, 0.3) is 0 Å². The Hall–Kier alpha value is -1.29. The molecule has 2 saturated heterocycles. The van der Waals surface area contributed by atoms with Crippen LogP contribution in [0, 0.1) is 5.82 Å². The monoisotopic (exact) mass is 278 g/mol. The lowest BCUT2D eigenvalue weighted by Crippen LogP contribution is -2.56. The second kappa shape index (κ2) is 5.60. The molecule has 0 radical (unpaired) electrons. The van der Waals surface area contributed by atoms with Gasteiger partial charge in [0.1, 0.15) is 0 Å². The van der Waals surface area contributed by atoms with E-state index < -0.39 is 0 Å². The maximum atomic E-state index is 14.0. The standard InChI is InChI=1S/C16H23FN2O/c1-18-11-8-12-4-3-5-13(9-11)19(12)14-6-7-16(20-2)15(17)10-14/h6-7,10-13,18H,3-5,8-9H2,1-2H3. The second-order valence-electron chi connectivity index (χ2n) is 5.92. The summed E-state index contributed by atoms with van der Waals surface area (Å²) in [5.41, 5.74) is 1.01. The summed E-state index contributed by atoms with van der Waals surface area (Å²) in [6.07, 6.45) is 6.02. The van der Waals surface area contributed by atoms with Crippen molar-refractivity contribution in [3.8, 4) is 5.75 Å². The van der Waals surface area contributed by atoms with Crippen molar-refractivity contribution < 1.29 is 9.13 Å². The first kappa shape index (κ1) is 13.7. The lowest BCUT2D eigenvalue weighted by molar-refractivity contribution is 0.252. The highest BCUT2D eigenvalue weighted by molar-refractivity contribution is 5.52. The van der Waals surface area contributed by atoms with Crippen molar-refractivity contribution in [2.45, 2.75) is 50.2 Å². The molecule has 2 aliphatic heterocycles. The molecule has 2 bridgehead atoms. The van der Waals surface area contributed by atoms with Crippen LogP contribution in [0.15, 0.2) is 18.2 Å². The van der Waals surface area contributed by atoms with Gasteiger partial charge in [-0.1, -0.05) is 0 Å². The number of piperidine rings is 2. The van der Waals surface area contributed by atoms with Crippen molar-refractivity contribution in [1.82, 2.24) is 5.32 Å². The van der Waals surface area contributed by atoms with E-state index in [1.165, 1.54) is 26.4 Å². The van der Waals surface area contributed by atoms with E-state index in [1.807, 2.05) is 13.1 Å². The molecule has 2 fully saturated rings. The topological polar surface area (TPSA) is 24.5 Å². The average molecular weight is 278 g/mol. The van der Waals surface area contributed by atoms with E-state index in [1.54, 1.807) is 12.1 Å². The maximum Gasteiger partial charge on any atom is 0.167 e. The van der Waals surface area contributed by atoms with Crippen LogP contribution < -0.4 is 15.0 Å². The Kier molecular flexibility index (Phi) is 3.83. The molecule has 1 N–H and O–H groups in total. The Labute approximate surface area is 120 Å². The van der Waals surface area contributed by atoms with Crippen LogP contribution >= 0.6 is 0 Å². The predicted molar refractivity (Wildman–Crippen MR) is 78.9 cm³/mol. The van der Waals surface area contributed by atoms with Gasteiger partial charge in [-0.3, -0.25) is 0 Å². The number of methoxy groups -OCH3 is 1. The number of hydrogen-bond donors (Lipinski definition) is 1. The second-order valence-corrected chi connectivity index (χ2v) is 5.92. The highest BCUT2D eigenvalue weighted by atomic mass is 19.1. The van der Waals surface area contributed by atoms with Crippen molar-refractivity contribution in [2.24, 2.45) is 0 Å². The molecular formula is C16H23FN2O. The van der Waals surface area contributed by atoms with Crippen LogP contribution in [0.4, 0.5) is 10.1 Å². The van der Waals surface area contributed by atoms with Gasteiger partial charge in [-0.15, -0.1) is 0 Å². The van der Waals surface area contributed by atoms with Crippen LogP contribution in [0.3, 0.4) is 0 Å². The summed E-state index contributed by atoms with van der Waals surface area (Å²) in [7, 11) is 3.55. The third-order valence-electron chi connectivity index (χ3n) is 4.82. The molecule has 0 spiro atoms. The molecule has 2 heterocycles. The molecular weight excluding hydrogens is 255 g/mol. The first-order chi connectivity index (χ1) is 9.72. The van der Waals surface area contributed by atoms with Crippen molar-refractivity contribution in [3.63, 3.8) is 0 Å². The number of anilines is 1. The fourth-order valence-corrected chi connectivity index (χ4v) is 3.85. The number of ether oxygens (including phenoxy) is 1. The van der Waals surface area contributed by atoms with Gasteiger partial charge in [0.2, 0.25) is 0 Å². The molecule has 2 aliphatic rings. The molecule has 0 aliphatic carbocycles. The minimum atomic E-state index is -0.265. The SMILES string of the molecule is CNC1CC2CCCC(C1)N2c1ccc(OC)c(F)c1. The molecule has 110 valence electrons. The number of nitrogens with zero attached hydrogens (tertiary/aromatic N) is 1. The van der Waals surface area contributed by atoms with Crippen LogP contribution in [-0.4, -0.2) is 32.3 Å². The number of nitrogens with one attached hydrogen (secondary N) is 1. The Morgan fingerprint density at radius 1 is 1.25 bits per heavy atom. The lowest BCUT2D eigenvalue weighted by Gasteiger charge is -2.50. The van der Waals surface area contributed by atoms with Gasteiger partial charge in [0.15, 0.2) is 11.6 Å². The summed E-state index contributed by atoms with van der Waals surface area (Å²) in [6.45, 7) is 0. The van der Waals surface area contributed by atoms with Gasteiger partial charge in [0, 0.05) is 29.9 Å². The fourth-order valence-electron chi connectivity index (χ4n) is 3.85. The first-order valence-corrected chi connectivity index (χ1v) is 7.52. The first-order valence-electron chi connectivity index (χ1n) is 7.52.